The molecule has 0 aromatic heterocycles. The zero-order valence-corrected chi connectivity index (χ0v) is 19.0. The Hall–Kier alpha value is 1.52. The van der Waals surface area contributed by atoms with Crippen LogP contribution in [0.2, 0.25) is 0 Å². The van der Waals surface area contributed by atoms with E-state index < -0.39 is 25.7 Å². The van der Waals surface area contributed by atoms with Gasteiger partial charge in [0.15, 0.2) is 0 Å². The molecule has 0 aliphatic rings. The summed E-state index contributed by atoms with van der Waals surface area (Å²) in [4.78, 5) is 52.6. The van der Waals surface area contributed by atoms with E-state index in [0.717, 1.165) is 20.8 Å². The molecule has 0 saturated carbocycles. The Labute approximate surface area is 182 Å². The number of carbonyl (C=O) groups is 3. The van der Waals surface area contributed by atoms with Crippen molar-refractivity contribution in [1.82, 2.24) is 0 Å². The molecule has 10 nitrogen and oxygen atoms in total. The van der Waals surface area contributed by atoms with Crippen molar-refractivity contribution in [3.05, 3.63) is 0 Å². The smallest absolute Gasteiger partial charge is 0.822 e. The van der Waals surface area contributed by atoms with Gasteiger partial charge in [-0.2, -0.15) is 7.82 Å². The monoisotopic (exact) mass is 344 g/mol. The normalized spacial score (nSPS) is 6.70. The molecule has 0 aromatic carbocycles. The van der Waals surface area contributed by atoms with Crippen molar-refractivity contribution in [2.75, 3.05) is 0 Å². The van der Waals surface area contributed by atoms with E-state index in [4.69, 9.17) is 48.9 Å². The number of rotatable bonds is 0. The third-order valence-electron chi connectivity index (χ3n) is 0. The standard InChI is InChI=1S/3C2H4O2.3Na.H3O4P/c3*1-2(3)4;;;;1-5(2,3)4/h3*1H3,(H,3,4);;;;(H3,1,2,3,4)/q;;;3*+1;/p-3. The van der Waals surface area contributed by atoms with E-state index in [0.29, 0.717) is 0 Å². The fraction of sp³-hybridized carbons (Fsp3) is 0.500. The van der Waals surface area contributed by atoms with E-state index in [9.17, 15) is 0 Å². The van der Waals surface area contributed by atoms with Gasteiger partial charge in [0.2, 0.25) is 0 Å². The summed E-state index contributed by atoms with van der Waals surface area (Å²) < 4.78 is 8.55. The average molecular weight is 344 g/mol. The van der Waals surface area contributed by atoms with Gasteiger partial charge in [-0.05, 0) is 0 Å². The van der Waals surface area contributed by atoms with Crippen LogP contribution in [0.1, 0.15) is 20.8 Å². The fourth-order valence-electron chi connectivity index (χ4n) is 0. The molecule has 0 aliphatic heterocycles. The first-order chi connectivity index (χ1) is 7.20. The Kier molecular flexibility index (Phi) is 61.6. The number of phosphoric acid groups is 1. The molecule has 0 bridgehead atoms. The van der Waals surface area contributed by atoms with Gasteiger partial charge in [0.1, 0.15) is 0 Å². The second-order valence-corrected chi connectivity index (χ2v) is 2.90. The number of carboxylic acids is 3. The van der Waals surface area contributed by atoms with Gasteiger partial charge in [0.05, 0.1) is 0 Å². The third-order valence-corrected chi connectivity index (χ3v) is 0. The van der Waals surface area contributed by atoms with Crippen molar-refractivity contribution in [3.8, 4) is 0 Å². The summed E-state index contributed by atoms with van der Waals surface area (Å²) in [7, 11) is -5.39. The fourth-order valence-corrected chi connectivity index (χ4v) is 0. The summed E-state index contributed by atoms with van der Waals surface area (Å²) in [5.41, 5.74) is 0. The zero-order valence-electron chi connectivity index (χ0n) is 12.1. The van der Waals surface area contributed by atoms with E-state index in [2.05, 4.69) is 0 Å². The Balaban J connectivity index is -0.0000000216. The van der Waals surface area contributed by atoms with E-state index in [-0.39, 0.29) is 88.7 Å². The maximum atomic E-state index is 9.00. The van der Waals surface area contributed by atoms with Crippen LogP contribution in [-0.4, -0.2) is 33.2 Å². The van der Waals surface area contributed by atoms with Crippen molar-refractivity contribution < 1.29 is 138 Å². The number of carboxylic acid groups (broad SMARTS) is 3. The van der Waals surface area contributed by atoms with Gasteiger partial charge in [0, 0.05) is 20.8 Å². The average Bonchev–Trinajstić information content (AvgIpc) is 1.73. The first kappa shape index (κ1) is 43.0. The molecule has 14 heteroatoms. The minimum absolute atomic E-state index is 0. The molecular weight excluding hydrogens is 332 g/mol. The van der Waals surface area contributed by atoms with E-state index in [1.165, 1.54) is 0 Å². The van der Waals surface area contributed by atoms with Crippen LogP contribution in [0.3, 0.4) is 0 Å². The van der Waals surface area contributed by atoms with Gasteiger partial charge in [-0.25, -0.2) is 0 Å². The quantitative estimate of drug-likeness (QED) is 0.280. The molecular formula is C6H12Na3O10P. The van der Waals surface area contributed by atoms with Gasteiger partial charge in [-0.1, -0.05) is 0 Å². The molecule has 0 atom stereocenters. The van der Waals surface area contributed by atoms with Crippen LogP contribution in [0.4, 0.5) is 0 Å². The molecule has 0 spiro atoms. The van der Waals surface area contributed by atoms with Crippen molar-refractivity contribution in [2.45, 2.75) is 20.8 Å². The van der Waals surface area contributed by atoms with E-state index in [1.54, 1.807) is 0 Å². The summed E-state index contributed by atoms with van der Waals surface area (Å²) in [5, 5.41) is 22.2. The predicted octanol–water partition coefficient (Wildman–Crippen LogP) is -11.5. The molecule has 0 fully saturated rings. The van der Waals surface area contributed by atoms with Gasteiger partial charge in [-0.15, -0.1) is 0 Å². The maximum Gasteiger partial charge on any atom is 1.00 e. The van der Waals surface area contributed by atoms with Gasteiger partial charge >= 0.3 is 88.7 Å². The second kappa shape index (κ2) is 28.6. The van der Waals surface area contributed by atoms with Gasteiger partial charge < -0.3 is 34.6 Å². The summed E-state index contributed by atoms with van der Waals surface area (Å²) in [6, 6.07) is 0. The zero-order chi connectivity index (χ0) is 15.2. The second-order valence-electron chi connectivity index (χ2n) is 2.00. The first-order valence-corrected chi connectivity index (χ1v) is 4.97. The predicted molar refractivity (Wildman–Crippen MR) is 47.5 cm³/mol. The van der Waals surface area contributed by atoms with Crippen LogP contribution in [0.5, 0.6) is 0 Å². The maximum absolute atomic E-state index is 9.00. The van der Waals surface area contributed by atoms with Crippen molar-refractivity contribution in [1.29, 1.82) is 0 Å². The van der Waals surface area contributed by atoms with Crippen LogP contribution < -0.4 is 103 Å². The van der Waals surface area contributed by atoms with Crippen LogP contribution in [0.25, 0.3) is 0 Å². The van der Waals surface area contributed by atoms with Gasteiger partial charge in [-0.3, -0.25) is 14.4 Å². The first-order valence-electron chi connectivity index (χ1n) is 3.51. The molecule has 0 heterocycles. The number of aliphatic carboxylic acids is 3. The molecule has 0 saturated heterocycles. The Morgan fingerprint density at radius 3 is 0.700 bits per heavy atom. The summed E-state index contributed by atoms with van der Waals surface area (Å²) in [6.45, 7) is 3.25. The molecule has 0 rings (SSSR count). The topological polar surface area (TPSA) is 198 Å². The molecule has 20 heavy (non-hydrogen) atoms. The Morgan fingerprint density at radius 2 is 0.700 bits per heavy atom. The summed E-state index contributed by atoms with van der Waals surface area (Å²) >= 11 is 0. The summed E-state index contributed by atoms with van der Waals surface area (Å²) in [6.07, 6.45) is 0. The molecule has 0 aliphatic carbocycles. The van der Waals surface area contributed by atoms with Crippen molar-refractivity contribution in [3.63, 3.8) is 0 Å². The van der Waals surface area contributed by atoms with Crippen LogP contribution >= 0.6 is 7.82 Å². The van der Waals surface area contributed by atoms with E-state index in [1.807, 2.05) is 0 Å². The minimum atomic E-state index is -5.39. The van der Waals surface area contributed by atoms with Crippen LogP contribution in [-0.2, 0) is 18.9 Å². The molecule has 0 unspecified atom stereocenters. The van der Waals surface area contributed by atoms with Gasteiger partial charge in [0.25, 0.3) is 17.9 Å². The Bertz CT molecular complexity index is 229. The molecule has 0 aromatic rings. The molecule has 0 radical (unpaired) electrons. The van der Waals surface area contributed by atoms with Crippen LogP contribution in [0, 0.1) is 0 Å². The molecule has 3 N–H and O–H groups in total. The third kappa shape index (κ3) is 2900. The minimum Gasteiger partial charge on any atom is -0.822 e. The van der Waals surface area contributed by atoms with Crippen molar-refractivity contribution in [2.24, 2.45) is 0 Å². The molecule has 104 valence electrons. The number of hydrogen-bond donors (Lipinski definition) is 3. The van der Waals surface area contributed by atoms with Crippen LogP contribution in [0.15, 0.2) is 0 Å². The summed E-state index contributed by atoms with van der Waals surface area (Å²) in [5.74, 6) is -2.50. The SMILES string of the molecule is CC(=O)O.CC(=O)O.CC(=O)O.O=P([O-])([O-])[O-].[Na+].[Na+].[Na+]. The van der Waals surface area contributed by atoms with Crippen molar-refractivity contribution >= 4 is 25.7 Å². The molecule has 0 amide bonds. The Morgan fingerprint density at radius 1 is 0.700 bits per heavy atom. The van der Waals surface area contributed by atoms with E-state index >= 15 is 0 Å². The largest absolute Gasteiger partial charge is 1.00 e. The number of hydrogen-bond acceptors (Lipinski definition) is 7.